The molecule has 1 aromatic carbocycles. The van der Waals surface area contributed by atoms with Gasteiger partial charge in [-0.2, -0.15) is 0 Å². The summed E-state index contributed by atoms with van der Waals surface area (Å²) in [6.07, 6.45) is 2.45. The minimum absolute atomic E-state index is 0.128. The first-order valence-electron chi connectivity index (χ1n) is 9.77. The summed E-state index contributed by atoms with van der Waals surface area (Å²) in [6.45, 7) is 3.34. The predicted octanol–water partition coefficient (Wildman–Crippen LogP) is 2.13. The lowest BCUT2D eigenvalue weighted by Crippen LogP contribution is -2.44. The fourth-order valence-corrected chi connectivity index (χ4v) is 3.41. The Labute approximate surface area is 175 Å². The summed E-state index contributed by atoms with van der Waals surface area (Å²) in [5.41, 5.74) is 1.59. The number of ether oxygens (including phenoxy) is 1. The van der Waals surface area contributed by atoms with Gasteiger partial charge >= 0.3 is 0 Å². The van der Waals surface area contributed by atoms with E-state index in [1.807, 2.05) is 23.1 Å². The van der Waals surface area contributed by atoms with Gasteiger partial charge in [-0.25, -0.2) is 9.37 Å². The number of nitrogens with one attached hydrogen (secondary N) is 3. The number of aromatic nitrogens is 1. The number of halogens is 1. The quantitative estimate of drug-likeness (QED) is 0.496. The fourth-order valence-electron chi connectivity index (χ4n) is 3.41. The Bertz CT molecular complexity index is 920. The van der Waals surface area contributed by atoms with Crippen molar-refractivity contribution in [1.82, 2.24) is 15.6 Å². The summed E-state index contributed by atoms with van der Waals surface area (Å²) >= 11 is 0. The first-order valence-corrected chi connectivity index (χ1v) is 9.77. The highest BCUT2D eigenvalue weighted by Gasteiger charge is 2.25. The second-order valence-corrected chi connectivity index (χ2v) is 7.03. The zero-order valence-corrected chi connectivity index (χ0v) is 17.4. The maximum absolute atomic E-state index is 14.0. The molecule has 1 aliphatic heterocycles. The maximum Gasteiger partial charge on any atom is 0.221 e. The molecule has 0 aliphatic carbocycles. The van der Waals surface area contributed by atoms with E-state index in [-0.39, 0.29) is 17.8 Å². The highest BCUT2D eigenvalue weighted by molar-refractivity contribution is 5.90. The van der Waals surface area contributed by atoms with Crippen LogP contribution in [-0.2, 0) is 11.3 Å². The lowest BCUT2D eigenvalue weighted by atomic mass is 10.2. The number of carbonyl (C=O) groups is 1. The molecule has 1 fully saturated rings. The van der Waals surface area contributed by atoms with Gasteiger partial charge < -0.3 is 25.6 Å². The number of benzene rings is 1. The summed E-state index contributed by atoms with van der Waals surface area (Å²) < 4.78 is 19.3. The predicted molar refractivity (Wildman–Crippen MR) is 115 cm³/mol. The van der Waals surface area contributed by atoms with Crippen LogP contribution in [0.15, 0.2) is 41.5 Å². The Morgan fingerprint density at radius 1 is 1.40 bits per heavy atom. The van der Waals surface area contributed by atoms with Gasteiger partial charge in [-0.15, -0.1) is 0 Å². The zero-order valence-electron chi connectivity index (χ0n) is 17.4. The summed E-state index contributed by atoms with van der Waals surface area (Å²) in [5, 5.41) is 9.42. The molecule has 0 spiro atoms. The molecule has 2 heterocycles. The first kappa shape index (κ1) is 21.4. The molecular formula is C21H27FN6O2. The van der Waals surface area contributed by atoms with Crippen LogP contribution in [0.2, 0.25) is 0 Å². The summed E-state index contributed by atoms with van der Waals surface area (Å²) in [7, 11) is 3.27. The van der Waals surface area contributed by atoms with Crippen molar-refractivity contribution in [3.8, 4) is 5.75 Å². The van der Waals surface area contributed by atoms with Crippen molar-refractivity contribution >= 4 is 23.4 Å². The zero-order chi connectivity index (χ0) is 21.5. The third-order valence-corrected chi connectivity index (χ3v) is 4.83. The summed E-state index contributed by atoms with van der Waals surface area (Å²) in [4.78, 5) is 21.8. The molecule has 0 radical (unpaired) electrons. The number of aliphatic imine (C=N–C) groups is 1. The van der Waals surface area contributed by atoms with Crippen LogP contribution in [0, 0.1) is 5.82 Å². The van der Waals surface area contributed by atoms with Crippen LogP contribution in [0.5, 0.6) is 5.75 Å². The molecular weight excluding hydrogens is 387 g/mol. The molecule has 1 unspecified atom stereocenters. The van der Waals surface area contributed by atoms with Gasteiger partial charge in [0.15, 0.2) is 17.6 Å². The van der Waals surface area contributed by atoms with Crippen LogP contribution in [0.4, 0.5) is 15.9 Å². The number of hydrogen-bond acceptors (Lipinski definition) is 5. The molecule has 9 heteroatoms. The molecule has 0 saturated carbocycles. The maximum atomic E-state index is 14.0. The lowest BCUT2D eigenvalue weighted by molar-refractivity contribution is -0.114. The lowest BCUT2D eigenvalue weighted by Gasteiger charge is -2.20. The standard InChI is InChI=1S/C21H27FN6O2/c1-14(29)26-18-11-15(6-7-19(18)30-3)12-25-21(23-2)27-16-8-10-28(13-16)20-17(22)5-4-9-24-20/h4-7,9,11,16H,8,10,12-13H2,1-3H3,(H,26,29)(H2,23,25,27). The topological polar surface area (TPSA) is 90.9 Å². The van der Waals surface area contributed by atoms with E-state index >= 15 is 0 Å². The highest BCUT2D eigenvalue weighted by Crippen LogP contribution is 2.25. The van der Waals surface area contributed by atoms with Gasteiger partial charge in [-0.05, 0) is 36.2 Å². The minimum Gasteiger partial charge on any atom is -0.495 e. The smallest absolute Gasteiger partial charge is 0.221 e. The molecule has 3 rings (SSSR count). The first-order chi connectivity index (χ1) is 14.5. The van der Waals surface area contributed by atoms with Crippen LogP contribution in [-0.4, -0.2) is 50.1 Å². The summed E-state index contributed by atoms with van der Waals surface area (Å²) in [5.74, 6) is 1.17. The molecule has 3 N–H and O–H groups in total. The monoisotopic (exact) mass is 414 g/mol. The second-order valence-electron chi connectivity index (χ2n) is 7.03. The van der Waals surface area contributed by atoms with Crippen LogP contribution >= 0.6 is 0 Å². The van der Waals surface area contributed by atoms with Crippen molar-refractivity contribution in [3.63, 3.8) is 0 Å². The number of pyridine rings is 1. The van der Waals surface area contributed by atoms with Gasteiger partial charge in [-0.1, -0.05) is 6.07 Å². The van der Waals surface area contributed by atoms with Gasteiger partial charge in [0.2, 0.25) is 5.91 Å². The van der Waals surface area contributed by atoms with E-state index in [1.54, 1.807) is 26.4 Å². The Morgan fingerprint density at radius 2 is 2.23 bits per heavy atom. The molecule has 1 saturated heterocycles. The van der Waals surface area contributed by atoms with E-state index in [1.165, 1.54) is 13.0 Å². The van der Waals surface area contributed by atoms with Gasteiger partial charge in [0.1, 0.15) is 5.75 Å². The Kier molecular flexibility index (Phi) is 7.05. The average molecular weight is 414 g/mol. The van der Waals surface area contributed by atoms with E-state index in [0.29, 0.717) is 36.3 Å². The number of guanidine groups is 1. The molecule has 0 bridgehead atoms. The Hall–Kier alpha value is -3.36. The third kappa shape index (κ3) is 5.37. The van der Waals surface area contributed by atoms with Crippen molar-refractivity contribution in [2.45, 2.75) is 25.9 Å². The Balaban J connectivity index is 1.57. The van der Waals surface area contributed by atoms with E-state index in [4.69, 9.17) is 4.74 Å². The molecule has 8 nitrogen and oxygen atoms in total. The van der Waals surface area contributed by atoms with Crippen molar-refractivity contribution in [1.29, 1.82) is 0 Å². The Morgan fingerprint density at radius 3 is 2.93 bits per heavy atom. The van der Waals surface area contributed by atoms with Crippen molar-refractivity contribution in [2.75, 3.05) is 37.5 Å². The van der Waals surface area contributed by atoms with Crippen LogP contribution < -0.4 is 25.6 Å². The molecule has 1 aliphatic rings. The normalized spacial score (nSPS) is 16.3. The molecule has 30 heavy (non-hydrogen) atoms. The van der Waals surface area contributed by atoms with Crippen LogP contribution in [0.1, 0.15) is 18.9 Å². The van der Waals surface area contributed by atoms with Crippen molar-refractivity contribution in [2.24, 2.45) is 4.99 Å². The average Bonchev–Trinajstić information content (AvgIpc) is 3.19. The number of anilines is 2. The van der Waals surface area contributed by atoms with Crippen molar-refractivity contribution in [3.05, 3.63) is 47.9 Å². The van der Waals surface area contributed by atoms with Crippen LogP contribution in [0.25, 0.3) is 0 Å². The number of hydrogen-bond donors (Lipinski definition) is 3. The number of rotatable bonds is 6. The summed E-state index contributed by atoms with van der Waals surface area (Å²) in [6, 6.07) is 8.74. The van der Waals surface area contributed by atoms with Gasteiger partial charge in [0, 0.05) is 45.8 Å². The van der Waals surface area contributed by atoms with E-state index in [0.717, 1.165) is 18.5 Å². The number of carbonyl (C=O) groups excluding carboxylic acids is 1. The fraction of sp³-hybridized carbons (Fsp3) is 0.381. The van der Waals surface area contributed by atoms with E-state index < -0.39 is 0 Å². The molecule has 2 aromatic rings. The SMILES string of the molecule is CN=C(NCc1ccc(OC)c(NC(C)=O)c1)NC1CCN(c2ncccc2F)C1. The number of methoxy groups -OCH3 is 1. The van der Waals surface area contributed by atoms with Gasteiger partial charge in [0.05, 0.1) is 12.8 Å². The highest BCUT2D eigenvalue weighted by atomic mass is 19.1. The number of nitrogens with zero attached hydrogens (tertiary/aromatic N) is 3. The van der Waals surface area contributed by atoms with Gasteiger partial charge in [-0.3, -0.25) is 9.79 Å². The van der Waals surface area contributed by atoms with E-state index in [9.17, 15) is 9.18 Å². The molecule has 1 amide bonds. The molecule has 1 aromatic heterocycles. The van der Waals surface area contributed by atoms with Crippen LogP contribution in [0.3, 0.4) is 0 Å². The second kappa shape index (κ2) is 9.91. The van der Waals surface area contributed by atoms with Crippen molar-refractivity contribution < 1.29 is 13.9 Å². The molecule has 160 valence electrons. The van der Waals surface area contributed by atoms with Gasteiger partial charge in [0.25, 0.3) is 0 Å². The van der Waals surface area contributed by atoms with E-state index in [2.05, 4.69) is 25.9 Å². The number of amides is 1. The largest absolute Gasteiger partial charge is 0.495 e. The molecule has 1 atom stereocenters. The minimum atomic E-state index is -0.310. The third-order valence-electron chi connectivity index (χ3n) is 4.83.